The maximum absolute atomic E-state index is 12.8. The van der Waals surface area contributed by atoms with Gasteiger partial charge >= 0.3 is 5.97 Å². The van der Waals surface area contributed by atoms with Gasteiger partial charge in [-0.15, -0.1) is 0 Å². The first-order chi connectivity index (χ1) is 16.5. The molecule has 0 spiro atoms. The molecule has 1 aromatic carbocycles. The van der Waals surface area contributed by atoms with Gasteiger partial charge in [0, 0.05) is 22.9 Å². The van der Waals surface area contributed by atoms with Gasteiger partial charge in [-0.25, -0.2) is 4.79 Å². The minimum Gasteiger partial charge on any atom is -0.480 e. The molecule has 6 unspecified atom stereocenters. The van der Waals surface area contributed by atoms with Gasteiger partial charge in [0.05, 0.1) is 18.2 Å². The molecule has 35 heavy (non-hydrogen) atoms. The molecule has 0 aliphatic heterocycles. The Kier molecular flexibility index (Phi) is 10.1. The number of benzene rings is 1. The van der Waals surface area contributed by atoms with Gasteiger partial charge in [0.1, 0.15) is 12.1 Å². The van der Waals surface area contributed by atoms with Crippen LogP contribution in [-0.2, 0) is 25.6 Å². The minimum absolute atomic E-state index is 0.168. The number of amides is 3. The van der Waals surface area contributed by atoms with Crippen molar-refractivity contribution < 1.29 is 34.5 Å². The summed E-state index contributed by atoms with van der Waals surface area (Å²) in [5.41, 5.74) is 7.73. The lowest BCUT2D eigenvalue weighted by Gasteiger charge is -2.26. The fraction of sp³-hybridized carbons (Fsp3) is 0.455. The molecule has 3 amide bonds. The van der Waals surface area contributed by atoms with Crippen molar-refractivity contribution in [2.75, 3.05) is 5.75 Å². The van der Waals surface area contributed by atoms with Gasteiger partial charge in [-0.1, -0.05) is 18.2 Å². The predicted octanol–water partition coefficient (Wildman–Crippen LogP) is -1.73. The van der Waals surface area contributed by atoms with E-state index in [4.69, 9.17) is 10.8 Å². The summed E-state index contributed by atoms with van der Waals surface area (Å²) in [7, 11) is 0. The zero-order valence-corrected chi connectivity index (χ0v) is 20.2. The Labute approximate surface area is 207 Å². The summed E-state index contributed by atoms with van der Waals surface area (Å²) in [6, 6.07) is 2.10. The molecular formula is C22H31N5O7S. The number of aliphatic carboxylic acids is 1. The first kappa shape index (κ1) is 28.1. The number of aliphatic hydroxyl groups is 2. The molecule has 2 aromatic rings. The van der Waals surface area contributed by atoms with Crippen LogP contribution in [0, 0.1) is 0 Å². The highest BCUT2D eigenvalue weighted by molar-refractivity contribution is 7.80. The number of H-pyrrole nitrogens is 1. The Hall–Kier alpha value is -3.13. The SMILES string of the molecule is CC(O)C(NC(=O)C(CS)NC(=O)C(NC(=O)C(N)Cc1c[nH]c2ccccc12)C(C)O)C(=O)O. The van der Waals surface area contributed by atoms with Crippen molar-refractivity contribution in [2.45, 2.75) is 56.6 Å². The average Bonchev–Trinajstić information content (AvgIpc) is 3.20. The number of hydrogen-bond donors (Lipinski definition) is 9. The molecule has 9 N–H and O–H groups in total. The van der Waals surface area contributed by atoms with E-state index in [9.17, 15) is 29.4 Å². The number of nitrogens with one attached hydrogen (secondary N) is 4. The Morgan fingerprint density at radius 1 is 0.971 bits per heavy atom. The number of thiol groups is 1. The summed E-state index contributed by atoms with van der Waals surface area (Å²) in [5.74, 6) is -4.18. The summed E-state index contributed by atoms with van der Waals surface area (Å²) >= 11 is 4.00. The Balaban J connectivity index is 2.04. The highest BCUT2D eigenvalue weighted by atomic mass is 32.1. The van der Waals surface area contributed by atoms with E-state index in [1.165, 1.54) is 13.8 Å². The third-order valence-electron chi connectivity index (χ3n) is 5.38. The van der Waals surface area contributed by atoms with Crippen LogP contribution in [0.5, 0.6) is 0 Å². The quantitative estimate of drug-likeness (QED) is 0.150. The Morgan fingerprint density at radius 3 is 2.14 bits per heavy atom. The molecule has 12 nitrogen and oxygen atoms in total. The number of hydrogen-bond acceptors (Lipinski definition) is 8. The number of aliphatic hydroxyl groups excluding tert-OH is 2. The number of nitrogens with two attached hydrogens (primary N) is 1. The summed E-state index contributed by atoms with van der Waals surface area (Å²) in [4.78, 5) is 52.1. The lowest BCUT2D eigenvalue weighted by molar-refractivity contribution is -0.145. The van der Waals surface area contributed by atoms with Gasteiger partial charge in [0.15, 0.2) is 6.04 Å². The number of aromatic nitrogens is 1. The maximum atomic E-state index is 12.8. The third kappa shape index (κ3) is 7.42. The average molecular weight is 510 g/mol. The topological polar surface area (TPSA) is 207 Å². The normalized spacial score (nSPS) is 16.4. The van der Waals surface area contributed by atoms with Gasteiger partial charge in [-0.3, -0.25) is 14.4 Å². The van der Waals surface area contributed by atoms with Crippen molar-refractivity contribution in [1.82, 2.24) is 20.9 Å². The van der Waals surface area contributed by atoms with Crippen LogP contribution < -0.4 is 21.7 Å². The molecule has 1 heterocycles. The van der Waals surface area contributed by atoms with Gasteiger partial charge < -0.3 is 42.0 Å². The van der Waals surface area contributed by atoms with Crippen molar-refractivity contribution in [1.29, 1.82) is 0 Å². The van der Waals surface area contributed by atoms with Gasteiger partial charge in [-0.05, 0) is 31.9 Å². The van der Waals surface area contributed by atoms with Gasteiger partial charge in [0.25, 0.3) is 0 Å². The number of para-hydroxylation sites is 1. The second kappa shape index (κ2) is 12.5. The van der Waals surface area contributed by atoms with Crippen LogP contribution in [0.15, 0.2) is 30.5 Å². The predicted molar refractivity (Wildman–Crippen MR) is 131 cm³/mol. The number of carboxylic acids is 1. The van der Waals surface area contributed by atoms with Crippen LogP contribution in [0.25, 0.3) is 10.9 Å². The van der Waals surface area contributed by atoms with E-state index in [1.54, 1.807) is 6.20 Å². The smallest absolute Gasteiger partial charge is 0.328 e. The van der Waals surface area contributed by atoms with E-state index in [2.05, 4.69) is 33.6 Å². The number of carboxylic acid groups (broad SMARTS) is 1. The Morgan fingerprint density at radius 2 is 1.57 bits per heavy atom. The van der Waals surface area contributed by atoms with Crippen LogP contribution in [-0.4, -0.2) is 86.1 Å². The van der Waals surface area contributed by atoms with Gasteiger partial charge in [-0.2, -0.15) is 12.6 Å². The van der Waals surface area contributed by atoms with E-state index in [1.807, 2.05) is 24.3 Å². The fourth-order valence-electron chi connectivity index (χ4n) is 3.39. The molecule has 0 aliphatic rings. The zero-order chi connectivity index (χ0) is 26.3. The second-order valence-corrected chi connectivity index (χ2v) is 8.57. The van der Waals surface area contributed by atoms with E-state index in [-0.39, 0.29) is 12.2 Å². The lowest BCUT2D eigenvalue weighted by Crippen LogP contribution is -2.61. The summed E-state index contributed by atoms with van der Waals surface area (Å²) < 4.78 is 0. The lowest BCUT2D eigenvalue weighted by atomic mass is 10.0. The fourth-order valence-corrected chi connectivity index (χ4v) is 3.65. The highest BCUT2D eigenvalue weighted by Gasteiger charge is 2.33. The van der Waals surface area contributed by atoms with Crippen molar-refractivity contribution >= 4 is 47.2 Å². The molecular weight excluding hydrogens is 478 g/mol. The number of rotatable bonds is 12. The van der Waals surface area contributed by atoms with Crippen LogP contribution in [0.2, 0.25) is 0 Å². The zero-order valence-electron chi connectivity index (χ0n) is 19.3. The first-order valence-electron chi connectivity index (χ1n) is 10.9. The third-order valence-corrected chi connectivity index (χ3v) is 5.74. The van der Waals surface area contributed by atoms with Crippen LogP contribution >= 0.6 is 12.6 Å². The molecule has 0 aliphatic carbocycles. The summed E-state index contributed by atoms with van der Waals surface area (Å²) in [5, 5.41) is 36.5. The number of fused-ring (bicyclic) bond motifs is 1. The van der Waals surface area contributed by atoms with E-state index in [0.717, 1.165) is 16.5 Å². The number of aromatic amines is 1. The molecule has 0 radical (unpaired) electrons. The molecule has 0 saturated heterocycles. The number of carbonyl (C=O) groups is 4. The molecule has 1 aromatic heterocycles. The first-order valence-corrected chi connectivity index (χ1v) is 11.5. The molecule has 0 bridgehead atoms. The minimum atomic E-state index is -1.60. The monoisotopic (exact) mass is 509 g/mol. The van der Waals surface area contributed by atoms with Crippen LogP contribution in [0.4, 0.5) is 0 Å². The van der Waals surface area contributed by atoms with E-state index >= 15 is 0 Å². The van der Waals surface area contributed by atoms with E-state index < -0.39 is 60.1 Å². The molecule has 0 fully saturated rings. The van der Waals surface area contributed by atoms with E-state index in [0.29, 0.717) is 0 Å². The second-order valence-electron chi connectivity index (χ2n) is 8.21. The number of carbonyl (C=O) groups excluding carboxylic acids is 3. The molecule has 192 valence electrons. The van der Waals surface area contributed by atoms with Crippen LogP contribution in [0.3, 0.4) is 0 Å². The Bertz CT molecular complexity index is 1060. The van der Waals surface area contributed by atoms with Crippen molar-refractivity contribution in [3.63, 3.8) is 0 Å². The molecule has 2 rings (SSSR count). The molecule has 6 atom stereocenters. The maximum Gasteiger partial charge on any atom is 0.328 e. The van der Waals surface area contributed by atoms with Crippen LogP contribution in [0.1, 0.15) is 19.4 Å². The summed E-state index contributed by atoms with van der Waals surface area (Å²) in [6.07, 6.45) is -0.825. The van der Waals surface area contributed by atoms with Gasteiger partial charge in [0.2, 0.25) is 17.7 Å². The summed E-state index contributed by atoms with van der Waals surface area (Å²) in [6.45, 7) is 2.46. The molecule has 13 heteroatoms. The standard InChI is InChI=1S/C22H31N5O7S/c1-10(28)17(21(32)25-16(9-35)20(31)27-18(11(2)29)22(33)34)26-19(30)14(23)7-12-8-24-15-6-4-3-5-13(12)15/h3-6,8,10-11,14,16-18,24,28-29,35H,7,9,23H2,1-2H3,(H,25,32)(H,26,30)(H,27,31)(H,33,34). The largest absolute Gasteiger partial charge is 0.480 e. The molecule has 0 saturated carbocycles. The van der Waals surface area contributed by atoms with Crippen molar-refractivity contribution in [3.05, 3.63) is 36.0 Å². The highest BCUT2D eigenvalue weighted by Crippen LogP contribution is 2.18. The van der Waals surface area contributed by atoms with Crippen molar-refractivity contribution in [3.8, 4) is 0 Å². The van der Waals surface area contributed by atoms with Crippen molar-refractivity contribution in [2.24, 2.45) is 5.73 Å².